The Labute approximate surface area is 88.3 Å². The van der Waals surface area contributed by atoms with Crippen molar-refractivity contribution < 1.29 is 4.79 Å². The Morgan fingerprint density at radius 1 is 1.36 bits per heavy atom. The van der Waals surface area contributed by atoms with Gasteiger partial charge >= 0.3 is 0 Å². The zero-order chi connectivity index (χ0) is 9.71. The van der Waals surface area contributed by atoms with Crippen LogP contribution in [0.25, 0.3) is 10.8 Å². The minimum Gasteiger partial charge on any atom is -0.320 e. The molecule has 1 aliphatic rings. The van der Waals surface area contributed by atoms with E-state index < -0.39 is 0 Å². The van der Waals surface area contributed by atoms with Gasteiger partial charge < -0.3 is 5.32 Å². The normalized spacial score (nSPS) is 13.4. The lowest BCUT2D eigenvalue weighted by Gasteiger charge is -2.00. The first-order chi connectivity index (χ1) is 6.77. The van der Waals surface area contributed by atoms with Gasteiger partial charge in [0.2, 0.25) is 0 Å². The summed E-state index contributed by atoms with van der Waals surface area (Å²) in [7, 11) is 0. The van der Waals surface area contributed by atoms with E-state index >= 15 is 0 Å². The standard InChI is InChI=1S/C10H5BrN2O/c11-9-5-2-1-3-6-8(5)7(4-12-9)13-10(6)14/h1-4H,(H,13,14). The molecular formula is C10H5BrN2O. The molecule has 4 heteroatoms. The fraction of sp³-hybridized carbons (Fsp3) is 0. The maximum absolute atomic E-state index is 11.5. The molecule has 0 saturated heterocycles. The summed E-state index contributed by atoms with van der Waals surface area (Å²) < 4.78 is 0.773. The summed E-state index contributed by atoms with van der Waals surface area (Å²) in [4.78, 5) is 15.7. The predicted molar refractivity (Wildman–Crippen MR) is 57.4 cm³/mol. The van der Waals surface area contributed by atoms with E-state index in [1.54, 1.807) is 6.20 Å². The van der Waals surface area contributed by atoms with E-state index in [-0.39, 0.29) is 5.91 Å². The Morgan fingerprint density at radius 2 is 2.21 bits per heavy atom. The molecule has 0 radical (unpaired) electrons. The molecule has 1 aliphatic heterocycles. The van der Waals surface area contributed by atoms with E-state index in [1.807, 2.05) is 18.2 Å². The SMILES string of the molecule is O=C1Nc2cnc(Br)c3cccc1c23. The molecule has 0 bridgehead atoms. The molecule has 1 amide bonds. The first-order valence-corrected chi connectivity index (χ1v) is 4.95. The monoisotopic (exact) mass is 248 g/mol. The van der Waals surface area contributed by atoms with Crippen molar-refractivity contribution in [2.24, 2.45) is 0 Å². The van der Waals surface area contributed by atoms with Gasteiger partial charge in [-0.2, -0.15) is 0 Å². The van der Waals surface area contributed by atoms with Crippen LogP contribution in [0.5, 0.6) is 0 Å². The fourth-order valence-corrected chi connectivity index (χ4v) is 2.18. The molecule has 2 aromatic rings. The van der Waals surface area contributed by atoms with Crippen LogP contribution in [-0.4, -0.2) is 10.9 Å². The molecule has 0 unspecified atom stereocenters. The number of hydrogen-bond acceptors (Lipinski definition) is 2. The van der Waals surface area contributed by atoms with E-state index in [2.05, 4.69) is 26.2 Å². The summed E-state index contributed by atoms with van der Waals surface area (Å²) in [6.07, 6.45) is 1.67. The van der Waals surface area contributed by atoms with Crippen molar-refractivity contribution in [2.45, 2.75) is 0 Å². The Morgan fingerprint density at radius 3 is 3.07 bits per heavy atom. The van der Waals surface area contributed by atoms with Crippen LogP contribution in [0.15, 0.2) is 29.0 Å². The molecule has 0 atom stereocenters. The van der Waals surface area contributed by atoms with Crippen molar-refractivity contribution in [3.05, 3.63) is 34.6 Å². The zero-order valence-electron chi connectivity index (χ0n) is 7.04. The van der Waals surface area contributed by atoms with Crippen molar-refractivity contribution in [1.29, 1.82) is 0 Å². The first-order valence-electron chi connectivity index (χ1n) is 4.16. The highest BCUT2D eigenvalue weighted by Gasteiger charge is 2.22. The minimum atomic E-state index is -0.0505. The Kier molecular flexibility index (Phi) is 1.44. The summed E-state index contributed by atoms with van der Waals surface area (Å²) in [6, 6.07) is 5.62. The smallest absolute Gasteiger partial charge is 0.256 e. The van der Waals surface area contributed by atoms with Gasteiger partial charge in [-0.3, -0.25) is 4.79 Å². The van der Waals surface area contributed by atoms with Crippen LogP contribution in [-0.2, 0) is 0 Å². The summed E-state index contributed by atoms with van der Waals surface area (Å²) in [5, 5.41) is 4.70. The number of halogens is 1. The number of rotatable bonds is 0. The molecule has 0 saturated carbocycles. The highest BCUT2D eigenvalue weighted by molar-refractivity contribution is 9.10. The first kappa shape index (κ1) is 7.94. The number of pyridine rings is 1. The van der Waals surface area contributed by atoms with Crippen LogP contribution in [0.2, 0.25) is 0 Å². The van der Waals surface area contributed by atoms with E-state index in [0.717, 1.165) is 26.6 Å². The van der Waals surface area contributed by atoms with Crippen molar-refractivity contribution >= 4 is 38.3 Å². The highest BCUT2D eigenvalue weighted by Crippen LogP contribution is 2.35. The number of nitrogens with one attached hydrogen (secondary N) is 1. The number of anilines is 1. The van der Waals surface area contributed by atoms with Gasteiger partial charge in [0.1, 0.15) is 4.60 Å². The number of aromatic nitrogens is 1. The Bertz CT molecular complexity index is 565. The average molecular weight is 249 g/mol. The third kappa shape index (κ3) is 0.861. The fourth-order valence-electron chi connectivity index (χ4n) is 1.74. The van der Waals surface area contributed by atoms with Crippen molar-refractivity contribution in [3.8, 4) is 0 Å². The van der Waals surface area contributed by atoms with Crippen molar-refractivity contribution in [3.63, 3.8) is 0 Å². The second-order valence-corrected chi connectivity index (χ2v) is 3.90. The summed E-state index contributed by atoms with van der Waals surface area (Å²) in [5.74, 6) is -0.0505. The van der Waals surface area contributed by atoms with Crippen LogP contribution in [0, 0.1) is 0 Å². The molecule has 0 fully saturated rings. The number of hydrogen-bond donors (Lipinski definition) is 1. The number of carbonyl (C=O) groups is 1. The van der Waals surface area contributed by atoms with Crippen molar-refractivity contribution in [2.75, 3.05) is 5.32 Å². The number of benzene rings is 1. The zero-order valence-corrected chi connectivity index (χ0v) is 8.63. The van der Waals surface area contributed by atoms with Crippen LogP contribution in [0.1, 0.15) is 10.4 Å². The Hall–Kier alpha value is -1.42. The average Bonchev–Trinajstić information content (AvgIpc) is 2.52. The lowest BCUT2D eigenvalue weighted by atomic mass is 10.1. The molecule has 68 valence electrons. The molecular weight excluding hydrogens is 244 g/mol. The maximum atomic E-state index is 11.5. The van der Waals surface area contributed by atoms with E-state index in [1.165, 1.54) is 0 Å². The van der Waals surface area contributed by atoms with Gasteiger partial charge in [0.25, 0.3) is 5.91 Å². The Balaban J connectivity index is 2.58. The minimum absolute atomic E-state index is 0.0505. The molecule has 14 heavy (non-hydrogen) atoms. The van der Waals surface area contributed by atoms with Gasteiger partial charge in [0, 0.05) is 16.3 Å². The van der Waals surface area contributed by atoms with Gasteiger partial charge in [-0.05, 0) is 22.0 Å². The number of amides is 1. The predicted octanol–water partition coefficient (Wildman–Crippen LogP) is 2.56. The number of carbonyl (C=O) groups excluding carboxylic acids is 1. The summed E-state index contributed by atoms with van der Waals surface area (Å²) >= 11 is 3.36. The van der Waals surface area contributed by atoms with E-state index in [9.17, 15) is 4.79 Å². The van der Waals surface area contributed by atoms with Crippen molar-refractivity contribution in [1.82, 2.24) is 4.98 Å². The second-order valence-electron chi connectivity index (χ2n) is 3.14. The lowest BCUT2D eigenvalue weighted by molar-refractivity contribution is 0.103. The van der Waals surface area contributed by atoms with Crippen LogP contribution >= 0.6 is 15.9 Å². The molecule has 3 rings (SSSR count). The van der Waals surface area contributed by atoms with Gasteiger partial charge in [-0.15, -0.1) is 0 Å². The summed E-state index contributed by atoms with van der Waals surface area (Å²) in [6.45, 7) is 0. The molecule has 3 nitrogen and oxygen atoms in total. The van der Waals surface area contributed by atoms with Crippen LogP contribution < -0.4 is 5.32 Å². The van der Waals surface area contributed by atoms with Gasteiger partial charge in [-0.1, -0.05) is 12.1 Å². The third-order valence-corrected chi connectivity index (χ3v) is 2.99. The third-order valence-electron chi connectivity index (χ3n) is 2.36. The van der Waals surface area contributed by atoms with E-state index in [4.69, 9.17) is 0 Å². The molecule has 1 aromatic carbocycles. The largest absolute Gasteiger partial charge is 0.320 e. The maximum Gasteiger partial charge on any atom is 0.256 e. The molecule has 1 N–H and O–H groups in total. The highest BCUT2D eigenvalue weighted by atomic mass is 79.9. The van der Waals surface area contributed by atoms with Gasteiger partial charge in [0.15, 0.2) is 0 Å². The van der Waals surface area contributed by atoms with Crippen LogP contribution in [0.3, 0.4) is 0 Å². The molecule has 2 heterocycles. The second kappa shape index (κ2) is 2.54. The summed E-state index contributed by atoms with van der Waals surface area (Å²) in [5.41, 5.74) is 1.52. The van der Waals surface area contributed by atoms with Gasteiger partial charge in [0.05, 0.1) is 11.9 Å². The topological polar surface area (TPSA) is 42.0 Å². The van der Waals surface area contributed by atoms with E-state index in [0.29, 0.717) is 0 Å². The number of nitrogens with zero attached hydrogens (tertiary/aromatic N) is 1. The molecule has 0 spiro atoms. The van der Waals surface area contributed by atoms with Gasteiger partial charge in [-0.25, -0.2) is 4.98 Å². The van der Waals surface area contributed by atoms with Crippen LogP contribution in [0.4, 0.5) is 5.69 Å². The quantitative estimate of drug-likeness (QED) is 0.729. The molecule has 1 aromatic heterocycles. The molecule has 0 aliphatic carbocycles. The lowest BCUT2D eigenvalue weighted by Crippen LogP contribution is -2.03.